The lowest BCUT2D eigenvalue weighted by atomic mass is 10.1. The summed E-state index contributed by atoms with van der Waals surface area (Å²) in [6.07, 6.45) is 7.48. The Hall–Kier alpha value is -3.52. The summed E-state index contributed by atoms with van der Waals surface area (Å²) in [5, 5.41) is 14.7. The number of carbonyl (C=O) groups is 1. The Morgan fingerprint density at radius 2 is 2.04 bits per heavy atom. The van der Waals surface area contributed by atoms with E-state index < -0.39 is 0 Å². The van der Waals surface area contributed by atoms with Gasteiger partial charge in [-0.15, -0.1) is 6.42 Å². The van der Waals surface area contributed by atoms with Gasteiger partial charge in [-0.25, -0.2) is 4.68 Å². The predicted molar refractivity (Wildman–Crippen MR) is 90.4 cm³/mol. The smallest absolute Gasteiger partial charge is 0.153 e. The largest absolute Gasteiger partial charge is 0.507 e. The van der Waals surface area contributed by atoms with Crippen LogP contribution >= 0.6 is 0 Å². The molecule has 0 aliphatic carbocycles. The average molecular weight is 318 g/mol. The number of benzene rings is 2. The van der Waals surface area contributed by atoms with E-state index in [0.29, 0.717) is 28.9 Å². The minimum atomic E-state index is -0.0362. The molecule has 0 saturated carbocycles. The van der Waals surface area contributed by atoms with Crippen LogP contribution in [0.5, 0.6) is 11.5 Å². The molecule has 3 aromatic rings. The number of aromatic nitrogens is 2. The van der Waals surface area contributed by atoms with Crippen LogP contribution in [0.3, 0.4) is 0 Å². The first-order chi connectivity index (χ1) is 11.7. The molecule has 0 aliphatic rings. The van der Waals surface area contributed by atoms with Gasteiger partial charge in [-0.3, -0.25) is 4.79 Å². The van der Waals surface area contributed by atoms with Crippen molar-refractivity contribution < 1.29 is 14.6 Å². The minimum absolute atomic E-state index is 0.0362. The van der Waals surface area contributed by atoms with E-state index >= 15 is 0 Å². The second-order valence-corrected chi connectivity index (χ2v) is 5.00. The summed E-state index contributed by atoms with van der Waals surface area (Å²) in [4.78, 5) is 11.4. The van der Waals surface area contributed by atoms with Gasteiger partial charge < -0.3 is 9.84 Å². The number of hydrogen-bond acceptors (Lipinski definition) is 4. The van der Waals surface area contributed by atoms with E-state index in [9.17, 15) is 9.90 Å². The summed E-state index contributed by atoms with van der Waals surface area (Å²) in [6, 6.07) is 14.2. The van der Waals surface area contributed by atoms with Crippen LogP contribution in [0.15, 0.2) is 54.7 Å². The number of aromatic hydroxyl groups is 1. The molecule has 24 heavy (non-hydrogen) atoms. The van der Waals surface area contributed by atoms with E-state index in [1.165, 1.54) is 6.07 Å². The molecule has 0 spiro atoms. The molecule has 1 aromatic heterocycles. The topological polar surface area (TPSA) is 64.4 Å². The molecule has 0 bridgehead atoms. The summed E-state index contributed by atoms with van der Waals surface area (Å²) in [5.41, 5.74) is 2.04. The number of ether oxygens (including phenoxy) is 1. The van der Waals surface area contributed by atoms with Crippen molar-refractivity contribution in [3.8, 4) is 40.8 Å². The Balaban J connectivity index is 2.02. The molecule has 118 valence electrons. The average Bonchev–Trinajstić information content (AvgIpc) is 3.05. The first-order valence-electron chi connectivity index (χ1n) is 7.23. The van der Waals surface area contributed by atoms with Crippen LogP contribution in [0, 0.1) is 12.3 Å². The van der Waals surface area contributed by atoms with Crippen molar-refractivity contribution in [3.05, 3.63) is 60.3 Å². The molecular weight excluding hydrogens is 304 g/mol. The zero-order valence-electron chi connectivity index (χ0n) is 12.7. The first kappa shape index (κ1) is 15.4. The van der Waals surface area contributed by atoms with Crippen molar-refractivity contribution in [2.45, 2.75) is 0 Å². The molecule has 0 saturated heterocycles. The van der Waals surface area contributed by atoms with Gasteiger partial charge in [0.25, 0.3) is 0 Å². The SMILES string of the molecule is C#CCOc1ccc(-c2nn(-c3ccccc3)cc2C=O)c(O)c1. The zero-order valence-corrected chi connectivity index (χ0v) is 12.7. The van der Waals surface area contributed by atoms with E-state index in [4.69, 9.17) is 11.2 Å². The number of aldehydes is 1. The number of para-hydroxylation sites is 1. The number of phenols is 1. The van der Waals surface area contributed by atoms with E-state index in [1.807, 2.05) is 30.3 Å². The Bertz CT molecular complexity index is 908. The van der Waals surface area contributed by atoms with E-state index in [2.05, 4.69) is 11.0 Å². The van der Waals surface area contributed by atoms with Crippen LogP contribution in [0.4, 0.5) is 0 Å². The van der Waals surface area contributed by atoms with Crippen molar-refractivity contribution in [1.82, 2.24) is 9.78 Å². The third-order valence-corrected chi connectivity index (χ3v) is 3.44. The third-order valence-electron chi connectivity index (χ3n) is 3.44. The van der Waals surface area contributed by atoms with Crippen molar-refractivity contribution in [2.75, 3.05) is 6.61 Å². The summed E-state index contributed by atoms with van der Waals surface area (Å²) < 4.78 is 6.87. The maximum Gasteiger partial charge on any atom is 0.153 e. The van der Waals surface area contributed by atoms with Crippen molar-refractivity contribution in [2.24, 2.45) is 0 Å². The standard InChI is InChI=1S/C19H14N2O3/c1-2-10-24-16-8-9-17(18(23)11-16)19-14(13-22)12-21(20-19)15-6-4-3-5-7-15/h1,3-9,11-13,23H,10H2. The summed E-state index contributed by atoms with van der Waals surface area (Å²) in [7, 11) is 0. The molecule has 5 heteroatoms. The molecule has 0 radical (unpaired) electrons. The van der Waals surface area contributed by atoms with Gasteiger partial charge in [-0.05, 0) is 24.3 Å². The summed E-state index contributed by atoms with van der Waals surface area (Å²) >= 11 is 0. The van der Waals surface area contributed by atoms with Gasteiger partial charge >= 0.3 is 0 Å². The fourth-order valence-corrected chi connectivity index (χ4v) is 2.32. The second-order valence-electron chi connectivity index (χ2n) is 5.00. The van der Waals surface area contributed by atoms with Crippen LogP contribution in [0.1, 0.15) is 10.4 Å². The van der Waals surface area contributed by atoms with E-state index in [0.717, 1.165) is 5.69 Å². The molecule has 3 rings (SSSR count). The number of hydrogen-bond donors (Lipinski definition) is 1. The number of phenolic OH excluding ortho intramolecular Hbond substituents is 1. The molecule has 0 aliphatic heterocycles. The molecule has 1 heterocycles. The Morgan fingerprint density at radius 1 is 1.25 bits per heavy atom. The lowest BCUT2D eigenvalue weighted by Gasteiger charge is -2.06. The Morgan fingerprint density at radius 3 is 2.71 bits per heavy atom. The highest BCUT2D eigenvalue weighted by Crippen LogP contribution is 2.33. The van der Waals surface area contributed by atoms with Crippen LogP contribution in [-0.2, 0) is 0 Å². The predicted octanol–water partition coefficient (Wildman–Crippen LogP) is 3.07. The quantitative estimate of drug-likeness (QED) is 0.580. The van der Waals surface area contributed by atoms with E-state index in [1.54, 1.807) is 23.0 Å². The fourth-order valence-electron chi connectivity index (χ4n) is 2.32. The van der Waals surface area contributed by atoms with Gasteiger partial charge in [0.2, 0.25) is 0 Å². The van der Waals surface area contributed by atoms with E-state index in [-0.39, 0.29) is 12.4 Å². The summed E-state index contributed by atoms with van der Waals surface area (Å²) in [5.74, 6) is 2.77. The molecule has 0 fully saturated rings. The second kappa shape index (κ2) is 6.71. The minimum Gasteiger partial charge on any atom is -0.507 e. The maximum atomic E-state index is 11.4. The van der Waals surface area contributed by atoms with Crippen molar-refractivity contribution in [1.29, 1.82) is 0 Å². The van der Waals surface area contributed by atoms with Gasteiger partial charge in [0.05, 0.1) is 11.3 Å². The molecular formula is C19H14N2O3. The normalized spacial score (nSPS) is 10.1. The van der Waals surface area contributed by atoms with Crippen LogP contribution in [-0.4, -0.2) is 27.8 Å². The molecule has 0 unspecified atom stereocenters. The van der Waals surface area contributed by atoms with Gasteiger partial charge in [0.15, 0.2) is 6.29 Å². The van der Waals surface area contributed by atoms with Crippen molar-refractivity contribution in [3.63, 3.8) is 0 Å². The lowest BCUT2D eigenvalue weighted by molar-refractivity contribution is 0.112. The maximum absolute atomic E-state index is 11.4. The number of nitrogens with zero attached hydrogens (tertiary/aromatic N) is 2. The Kier molecular flexibility index (Phi) is 4.30. The first-order valence-corrected chi connectivity index (χ1v) is 7.23. The van der Waals surface area contributed by atoms with Gasteiger partial charge in [0.1, 0.15) is 23.8 Å². The molecule has 0 amide bonds. The number of carbonyl (C=O) groups excluding carboxylic acids is 1. The van der Waals surface area contributed by atoms with Gasteiger partial charge in [-0.1, -0.05) is 24.1 Å². The number of rotatable bonds is 5. The van der Waals surface area contributed by atoms with Crippen LogP contribution in [0.25, 0.3) is 16.9 Å². The molecule has 5 nitrogen and oxygen atoms in total. The van der Waals surface area contributed by atoms with Gasteiger partial charge in [-0.2, -0.15) is 5.10 Å². The van der Waals surface area contributed by atoms with Crippen LogP contribution < -0.4 is 4.74 Å². The molecule has 1 N–H and O–H groups in total. The summed E-state index contributed by atoms with van der Waals surface area (Å²) in [6.45, 7) is 0.112. The molecule has 0 atom stereocenters. The van der Waals surface area contributed by atoms with Crippen molar-refractivity contribution >= 4 is 6.29 Å². The zero-order chi connectivity index (χ0) is 16.9. The highest BCUT2D eigenvalue weighted by atomic mass is 16.5. The molecule has 2 aromatic carbocycles. The van der Waals surface area contributed by atoms with Crippen LogP contribution in [0.2, 0.25) is 0 Å². The number of terminal acetylenes is 1. The highest BCUT2D eigenvalue weighted by Gasteiger charge is 2.15. The van der Waals surface area contributed by atoms with Gasteiger partial charge in [0, 0.05) is 17.8 Å². The third kappa shape index (κ3) is 2.99. The lowest BCUT2D eigenvalue weighted by Crippen LogP contribution is -1.95. The monoisotopic (exact) mass is 318 g/mol. The highest BCUT2D eigenvalue weighted by molar-refractivity contribution is 5.87. The fraction of sp³-hybridized carbons (Fsp3) is 0.0526. The Labute approximate surface area is 139 Å².